The van der Waals surface area contributed by atoms with Gasteiger partial charge in [-0.05, 0) is 59.9 Å². The summed E-state index contributed by atoms with van der Waals surface area (Å²) in [5.74, 6) is 1.84. The summed E-state index contributed by atoms with van der Waals surface area (Å²) in [4.78, 5) is 0. The molecule has 0 saturated heterocycles. The van der Waals surface area contributed by atoms with Gasteiger partial charge in [-0.15, -0.1) is 10.2 Å². The van der Waals surface area contributed by atoms with Crippen LogP contribution < -0.4 is 9.47 Å². The molecule has 0 saturated carbocycles. The number of ether oxygens (including phenoxy) is 2. The van der Waals surface area contributed by atoms with Crippen LogP contribution in [0, 0.1) is 0 Å². The summed E-state index contributed by atoms with van der Waals surface area (Å²) in [6, 6.07) is 13.5. The Balaban J connectivity index is 0.000000237. The van der Waals surface area contributed by atoms with Crippen LogP contribution in [0.15, 0.2) is 48.7 Å². The average Bonchev–Trinajstić information content (AvgIpc) is 2.86. The average molecular weight is 452 g/mol. The number of unbranched alkanes of at least 4 members (excludes halogenated alkanes) is 3. The molecule has 0 bridgehead atoms. The Labute approximate surface area is 198 Å². The molecule has 3 rings (SSSR count). The molecule has 6 heteroatoms. The first-order valence-corrected chi connectivity index (χ1v) is 11.9. The van der Waals surface area contributed by atoms with Crippen molar-refractivity contribution in [2.24, 2.45) is 0 Å². The van der Waals surface area contributed by atoms with Gasteiger partial charge >= 0.3 is 0 Å². The van der Waals surface area contributed by atoms with Crippen molar-refractivity contribution in [2.75, 3.05) is 13.7 Å². The molecule has 0 aliphatic heterocycles. The molecule has 0 unspecified atom stereocenters. The molecule has 0 amide bonds. The lowest BCUT2D eigenvalue weighted by molar-refractivity contribution is 0.286. The molecule has 0 fully saturated rings. The summed E-state index contributed by atoms with van der Waals surface area (Å²) in [6.45, 7) is 7.15. The van der Waals surface area contributed by atoms with Gasteiger partial charge in [-0.2, -0.15) is 0 Å². The van der Waals surface area contributed by atoms with Gasteiger partial charge in [0.1, 0.15) is 5.75 Å². The molecule has 3 aromatic rings. The highest BCUT2D eigenvalue weighted by molar-refractivity contribution is 5.50. The molecule has 1 heterocycles. The lowest BCUT2D eigenvalue weighted by Gasteiger charge is -2.15. The molecule has 6 nitrogen and oxygen atoms in total. The van der Waals surface area contributed by atoms with E-state index in [4.69, 9.17) is 9.47 Å². The van der Waals surface area contributed by atoms with Crippen molar-refractivity contribution in [3.8, 4) is 17.2 Å². The quantitative estimate of drug-likeness (QED) is 0.363. The largest absolute Gasteiger partial charge is 0.504 e. The number of phenols is 1. The Bertz CT molecular complexity index is 931. The second kappa shape index (κ2) is 14.8. The van der Waals surface area contributed by atoms with Crippen molar-refractivity contribution in [1.29, 1.82) is 0 Å². The van der Waals surface area contributed by atoms with E-state index >= 15 is 0 Å². The van der Waals surface area contributed by atoms with Gasteiger partial charge < -0.3 is 14.6 Å². The van der Waals surface area contributed by atoms with Crippen molar-refractivity contribution in [2.45, 2.75) is 65.7 Å². The maximum Gasteiger partial charge on any atom is 0.164 e. The normalized spacial score (nSPS) is 10.3. The van der Waals surface area contributed by atoms with Crippen molar-refractivity contribution in [3.05, 3.63) is 71.0 Å². The molecule has 0 radical (unpaired) electrons. The summed E-state index contributed by atoms with van der Waals surface area (Å²) in [5, 5.41) is 21.1. The topological polar surface area (TPSA) is 77.4 Å². The van der Waals surface area contributed by atoms with E-state index in [-0.39, 0.29) is 5.75 Å². The van der Waals surface area contributed by atoms with E-state index in [1.807, 2.05) is 36.4 Å². The fraction of sp³-hybridized carbons (Fsp3) is 0.444. The van der Waals surface area contributed by atoms with Crippen LogP contribution in [0.5, 0.6) is 17.2 Å². The number of nitrogens with zero attached hydrogens (tertiary/aromatic N) is 3. The SMILES string of the molecule is CCCCCCOc1c(O)ccc(CC)c1CC.COc1ccc(Cc2ccnnn2)cc1. The number of aromatic nitrogens is 3. The van der Waals surface area contributed by atoms with Crippen molar-refractivity contribution < 1.29 is 14.6 Å². The van der Waals surface area contributed by atoms with Crippen LogP contribution in [0.1, 0.15) is 68.8 Å². The number of phenolic OH excluding ortho intramolecular Hbond substituents is 1. The Morgan fingerprint density at radius 3 is 2.27 bits per heavy atom. The second-order valence-corrected chi connectivity index (χ2v) is 7.80. The third-order valence-corrected chi connectivity index (χ3v) is 5.42. The van der Waals surface area contributed by atoms with E-state index in [1.165, 1.54) is 30.4 Å². The Morgan fingerprint density at radius 1 is 0.879 bits per heavy atom. The maximum atomic E-state index is 9.92. The number of hydrogen-bond donors (Lipinski definition) is 1. The number of aromatic hydroxyl groups is 1. The van der Waals surface area contributed by atoms with Crippen molar-refractivity contribution in [3.63, 3.8) is 0 Å². The van der Waals surface area contributed by atoms with Crippen molar-refractivity contribution in [1.82, 2.24) is 15.4 Å². The molecule has 1 N–H and O–H groups in total. The minimum atomic E-state index is 0.277. The van der Waals surface area contributed by atoms with Gasteiger partial charge in [0.15, 0.2) is 11.5 Å². The number of aryl methyl sites for hydroxylation is 1. The van der Waals surface area contributed by atoms with Gasteiger partial charge in [0.2, 0.25) is 0 Å². The highest BCUT2D eigenvalue weighted by atomic mass is 16.5. The second-order valence-electron chi connectivity index (χ2n) is 7.80. The first-order chi connectivity index (χ1) is 16.1. The van der Waals surface area contributed by atoms with E-state index < -0.39 is 0 Å². The van der Waals surface area contributed by atoms with Crippen LogP contribution in [0.3, 0.4) is 0 Å². The molecule has 0 atom stereocenters. The van der Waals surface area contributed by atoms with Crippen LogP contribution in [-0.2, 0) is 19.3 Å². The van der Waals surface area contributed by atoms with E-state index in [9.17, 15) is 5.11 Å². The molecular formula is C27H37N3O3. The van der Waals surface area contributed by atoms with E-state index in [1.54, 1.807) is 19.4 Å². The fourth-order valence-corrected chi connectivity index (χ4v) is 3.55. The zero-order valence-corrected chi connectivity index (χ0v) is 20.4. The number of hydrogen-bond acceptors (Lipinski definition) is 6. The molecule has 2 aromatic carbocycles. The van der Waals surface area contributed by atoms with Crippen LogP contribution in [-0.4, -0.2) is 34.2 Å². The third-order valence-electron chi connectivity index (χ3n) is 5.42. The smallest absolute Gasteiger partial charge is 0.164 e. The van der Waals surface area contributed by atoms with E-state index in [0.717, 1.165) is 42.7 Å². The molecule has 0 spiro atoms. The zero-order chi connectivity index (χ0) is 23.9. The van der Waals surface area contributed by atoms with E-state index in [0.29, 0.717) is 12.4 Å². The van der Waals surface area contributed by atoms with Gasteiger partial charge in [-0.1, -0.05) is 58.2 Å². The van der Waals surface area contributed by atoms with Gasteiger partial charge in [0, 0.05) is 12.0 Å². The number of rotatable bonds is 11. The third kappa shape index (κ3) is 8.72. The highest BCUT2D eigenvalue weighted by Crippen LogP contribution is 2.33. The van der Waals surface area contributed by atoms with Gasteiger partial charge in [0.05, 0.1) is 25.6 Å². The standard InChI is InChI=1S/C16H26O2.C11H11N3O/c1-4-7-8-9-12-18-16-14(6-3)13(5-2)10-11-15(16)17;1-15-11-4-2-9(3-5-11)8-10-6-7-12-14-13-10/h10-11,17H,4-9,12H2,1-3H3;2-7H,8H2,1H3. The van der Waals surface area contributed by atoms with Crippen molar-refractivity contribution >= 4 is 0 Å². The van der Waals surface area contributed by atoms with Crippen LogP contribution in [0.2, 0.25) is 0 Å². The highest BCUT2D eigenvalue weighted by Gasteiger charge is 2.12. The van der Waals surface area contributed by atoms with Gasteiger partial charge in [-0.25, -0.2) is 0 Å². The van der Waals surface area contributed by atoms with Crippen LogP contribution in [0.25, 0.3) is 0 Å². The van der Waals surface area contributed by atoms with Crippen LogP contribution in [0.4, 0.5) is 0 Å². The first kappa shape index (κ1) is 26.1. The zero-order valence-electron chi connectivity index (χ0n) is 20.4. The monoisotopic (exact) mass is 451 g/mol. The Morgan fingerprint density at radius 2 is 1.67 bits per heavy atom. The summed E-state index contributed by atoms with van der Waals surface area (Å²) >= 11 is 0. The summed E-state index contributed by atoms with van der Waals surface area (Å²) in [7, 11) is 1.66. The lowest BCUT2D eigenvalue weighted by atomic mass is 10.0. The summed E-state index contributed by atoms with van der Waals surface area (Å²) in [5.41, 5.74) is 4.53. The molecule has 1 aromatic heterocycles. The first-order valence-electron chi connectivity index (χ1n) is 11.9. The molecular weight excluding hydrogens is 414 g/mol. The molecule has 33 heavy (non-hydrogen) atoms. The minimum absolute atomic E-state index is 0.277. The fourth-order valence-electron chi connectivity index (χ4n) is 3.55. The predicted octanol–water partition coefficient (Wildman–Crippen LogP) is 5.95. The molecule has 0 aliphatic rings. The van der Waals surface area contributed by atoms with E-state index in [2.05, 4.69) is 36.2 Å². The van der Waals surface area contributed by atoms with Gasteiger partial charge in [0.25, 0.3) is 0 Å². The summed E-state index contributed by atoms with van der Waals surface area (Å²) in [6.07, 6.45) is 9.05. The molecule has 0 aliphatic carbocycles. The number of methoxy groups -OCH3 is 1. The number of benzene rings is 2. The van der Waals surface area contributed by atoms with Gasteiger partial charge in [-0.3, -0.25) is 0 Å². The lowest BCUT2D eigenvalue weighted by Crippen LogP contribution is -2.02. The summed E-state index contributed by atoms with van der Waals surface area (Å²) < 4.78 is 10.9. The Hall–Kier alpha value is -3.15. The van der Waals surface area contributed by atoms with Crippen LogP contribution >= 0.6 is 0 Å². The predicted molar refractivity (Wildman–Crippen MR) is 132 cm³/mol. The maximum absolute atomic E-state index is 9.92. The minimum Gasteiger partial charge on any atom is -0.504 e. The molecule has 178 valence electrons. The Kier molecular flexibility index (Phi) is 11.7.